The molecule has 0 aromatic carbocycles. The highest BCUT2D eigenvalue weighted by atomic mass is 16.5. The number of hydrogen-bond donors (Lipinski definition) is 0. The summed E-state index contributed by atoms with van der Waals surface area (Å²) in [7, 11) is 0. The first-order valence-corrected chi connectivity index (χ1v) is 4.32. The van der Waals surface area contributed by atoms with Crippen LogP contribution in [0.25, 0.3) is 0 Å². The molecule has 0 amide bonds. The Hall–Kier alpha value is -0.370. The summed E-state index contributed by atoms with van der Waals surface area (Å²) >= 11 is 0. The minimum atomic E-state index is 0.205. The van der Waals surface area contributed by atoms with Crippen LogP contribution in [0.3, 0.4) is 0 Å². The fourth-order valence-corrected chi connectivity index (χ4v) is 1.43. The van der Waals surface area contributed by atoms with E-state index >= 15 is 0 Å². The second-order valence-electron chi connectivity index (χ2n) is 3.62. The van der Waals surface area contributed by atoms with E-state index in [-0.39, 0.29) is 6.10 Å². The van der Waals surface area contributed by atoms with Crippen molar-refractivity contribution in [3.8, 4) is 0 Å². The average molecular weight is 156 g/mol. The van der Waals surface area contributed by atoms with Crippen molar-refractivity contribution < 1.29 is 9.53 Å². The van der Waals surface area contributed by atoms with E-state index in [1.54, 1.807) is 0 Å². The zero-order valence-electron chi connectivity index (χ0n) is 7.30. The van der Waals surface area contributed by atoms with E-state index in [9.17, 15) is 4.79 Å². The standard InChI is InChI=1S/C9H16O2/c1-7(2)5-9-6-8(10)3-4-11-9/h7,9H,3-6H2,1-2H3/t9-/m0/s1. The van der Waals surface area contributed by atoms with E-state index < -0.39 is 0 Å². The lowest BCUT2D eigenvalue weighted by Crippen LogP contribution is -2.26. The summed E-state index contributed by atoms with van der Waals surface area (Å²) in [5.74, 6) is 0.993. The first-order chi connectivity index (χ1) is 5.18. The maximum absolute atomic E-state index is 11.0. The van der Waals surface area contributed by atoms with Gasteiger partial charge >= 0.3 is 0 Å². The molecule has 0 saturated carbocycles. The fraction of sp³-hybridized carbons (Fsp3) is 0.889. The fourth-order valence-electron chi connectivity index (χ4n) is 1.43. The molecular formula is C9H16O2. The largest absolute Gasteiger partial charge is 0.377 e. The van der Waals surface area contributed by atoms with Crippen LogP contribution >= 0.6 is 0 Å². The van der Waals surface area contributed by atoms with Gasteiger partial charge in [-0.15, -0.1) is 0 Å². The molecule has 2 heteroatoms. The van der Waals surface area contributed by atoms with Crippen molar-refractivity contribution in [1.29, 1.82) is 0 Å². The molecule has 0 unspecified atom stereocenters. The number of ether oxygens (including phenoxy) is 1. The van der Waals surface area contributed by atoms with Crippen LogP contribution in [0.2, 0.25) is 0 Å². The Balaban J connectivity index is 2.28. The molecule has 0 aromatic rings. The number of carbonyl (C=O) groups is 1. The van der Waals surface area contributed by atoms with Crippen LogP contribution in [0.1, 0.15) is 33.1 Å². The Bertz CT molecular complexity index is 140. The first kappa shape index (κ1) is 8.72. The Morgan fingerprint density at radius 3 is 2.91 bits per heavy atom. The van der Waals surface area contributed by atoms with Crippen LogP contribution in [-0.2, 0) is 9.53 Å². The van der Waals surface area contributed by atoms with Gasteiger partial charge in [-0.05, 0) is 12.3 Å². The molecule has 1 rings (SSSR count). The summed E-state index contributed by atoms with van der Waals surface area (Å²) in [5, 5.41) is 0. The Kier molecular flexibility index (Phi) is 3.06. The lowest BCUT2D eigenvalue weighted by Gasteiger charge is -2.22. The van der Waals surface area contributed by atoms with Crippen molar-refractivity contribution in [2.24, 2.45) is 5.92 Å². The Morgan fingerprint density at radius 2 is 2.36 bits per heavy atom. The SMILES string of the molecule is CC(C)C[C@H]1CC(=O)CCO1. The second-order valence-corrected chi connectivity index (χ2v) is 3.62. The molecule has 64 valence electrons. The van der Waals surface area contributed by atoms with Crippen LogP contribution in [0.5, 0.6) is 0 Å². The van der Waals surface area contributed by atoms with Crippen molar-refractivity contribution >= 4 is 5.78 Å². The number of carbonyl (C=O) groups excluding carboxylic acids is 1. The molecule has 1 fully saturated rings. The van der Waals surface area contributed by atoms with Gasteiger partial charge in [0.05, 0.1) is 12.7 Å². The van der Waals surface area contributed by atoms with Crippen LogP contribution in [0.15, 0.2) is 0 Å². The molecule has 0 N–H and O–H groups in total. The van der Waals surface area contributed by atoms with Crippen molar-refractivity contribution in [1.82, 2.24) is 0 Å². The second kappa shape index (κ2) is 3.86. The smallest absolute Gasteiger partial charge is 0.137 e. The number of ketones is 1. The minimum absolute atomic E-state index is 0.205. The van der Waals surface area contributed by atoms with Crippen molar-refractivity contribution in [3.63, 3.8) is 0 Å². The van der Waals surface area contributed by atoms with Gasteiger partial charge in [-0.1, -0.05) is 13.8 Å². The molecule has 1 aliphatic heterocycles. The summed E-state index contributed by atoms with van der Waals surface area (Å²) in [6, 6.07) is 0. The van der Waals surface area contributed by atoms with E-state index in [0.717, 1.165) is 6.42 Å². The maximum atomic E-state index is 11.0. The van der Waals surface area contributed by atoms with Gasteiger partial charge in [0.1, 0.15) is 5.78 Å². The molecule has 0 bridgehead atoms. The lowest BCUT2D eigenvalue weighted by atomic mass is 9.99. The summed E-state index contributed by atoms with van der Waals surface area (Å²) < 4.78 is 5.44. The lowest BCUT2D eigenvalue weighted by molar-refractivity contribution is -0.129. The Labute approximate surface area is 67.9 Å². The predicted molar refractivity (Wildman–Crippen MR) is 43.4 cm³/mol. The van der Waals surface area contributed by atoms with Gasteiger partial charge in [-0.2, -0.15) is 0 Å². The van der Waals surface area contributed by atoms with Crippen molar-refractivity contribution in [3.05, 3.63) is 0 Å². The summed E-state index contributed by atoms with van der Waals surface area (Å²) in [4.78, 5) is 11.0. The molecular weight excluding hydrogens is 140 g/mol. The monoisotopic (exact) mass is 156 g/mol. The summed E-state index contributed by atoms with van der Waals surface area (Å²) in [5.41, 5.74) is 0. The maximum Gasteiger partial charge on any atom is 0.137 e. The van der Waals surface area contributed by atoms with Gasteiger partial charge in [0.15, 0.2) is 0 Å². The highest BCUT2D eigenvalue weighted by molar-refractivity contribution is 5.79. The molecule has 2 nitrogen and oxygen atoms in total. The molecule has 1 saturated heterocycles. The third kappa shape index (κ3) is 3.02. The third-order valence-electron chi connectivity index (χ3n) is 1.92. The van der Waals surface area contributed by atoms with Gasteiger partial charge in [0.25, 0.3) is 0 Å². The number of Topliss-reactive ketones (excluding diaryl/α,β-unsaturated/α-hetero) is 1. The zero-order valence-corrected chi connectivity index (χ0v) is 7.30. The third-order valence-corrected chi connectivity index (χ3v) is 1.92. The summed E-state index contributed by atoms with van der Waals surface area (Å²) in [6.07, 6.45) is 2.48. The van der Waals surface area contributed by atoms with E-state index in [0.29, 0.717) is 31.1 Å². The van der Waals surface area contributed by atoms with Gasteiger partial charge in [0.2, 0.25) is 0 Å². The highest BCUT2D eigenvalue weighted by Gasteiger charge is 2.20. The minimum Gasteiger partial charge on any atom is -0.377 e. The molecule has 11 heavy (non-hydrogen) atoms. The van der Waals surface area contributed by atoms with E-state index in [1.165, 1.54) is 0 Å². The number of rotatable bonds is 2. The van der Waals surface area contributed by atoms with Crippen LogP contribution in [0.4, 0.5) is 0 Å². The number of hydrogen-bond acceptors (Lipinski definition) is 2. The zero-order chi connectivity index (χ0) is 8.27. The highest BCUT2D eigenvalue weighted by Crippen LogP contribution is 2.16. The molecule has 1 atom stereocenters. The molecule has 0 aliphatic carbocycles. The molecule has 0 radical (unpaired) electrons. The molecule has 1 aliphatic rings. The van der Waals surface area contributed by atoms with Crippen molar-refractivity contribution in [2.75, 3.05) is 6.61 Å². The Morgan fingerprint density at radius 1 is 1.64 bits per heavy atom. The predicted octanol–water partition coefficient (Wildman–Crippen LogP) is 1.78. The average Bonchev–Trinajstić information content (AvgIpc) is 1.85. The van der Waals surface area contributed by atoms with E-state index in [4.69, 9.17) is 4.74 Å². The van der Waals surface area contributed by atoms with Crippen molar-refractivity contribution in [2.45, 2.75) is 39.2 Å². The molecule has 1 heterocycles. The molecule has 0 aromatic heterocycles. The van der Waals surface area contributed by atoms with Gasteiger partial charge in [-0.3, -0.25) is 4.79 Å². The molecule has 0 spiro atoms. The van der Waals surface area contributed by atoms with E-state index in [1.807, 2.05) is 0 Å². The normalized spacial score (nSPS) is 26.1. The van der Waals surface area contributed by atoms with Crippen LogP contribution < -0.4 is 0 Å². The topological polar surface area (TPSA) is 26.3 Å². The summed E-state index contributed by atoms with van der Waals surface area (Å²) in [6.45, 7) is 4.95. The van der Waals surface area contributed by atoms with Gasteiger partial charge in [0, 0.05) is 12.8 Å². The van der Waals surface area contributed by atoms with Crippen LogP contribution in [-0.4, -0.2) is 18.5 Å². The van der Waals surface area contributed by atoms with Gasteiger partial charge in [-0.25, -0.2) is 0 Å². The first-order valence-electron chi connectivity index (χ1n) is 4.32. The van der Waals surface area contributed by atoms with Gasteiger partial charge < -0.3 is 4.74 Å². The van der Waals surface area contributed by atoms with Crippen LogP contribution in [0, 0.1) is 5.92 Å². The quantitative estimate of drug-likeness (QED) is 0.609. The van der Waals surface area contributed by atoms with E-state index in [2.05, 4.69) is 13.8 Å².